The molecule has 0 saturated carbocycles. The molecule has 0 aromatic carbocycles. The number of nitrogens with one attached hydrogen (secondary N) is 1. The lowest BCUT2D eigenvalue weighted by atomic mass is 10.5. The molecule has 11 heavy (non-hydrogen) atoms. The van der Waals surface area contributed by atoms with Gasteiger partial charge in [0, 0.05) is 0 Å². The van der Waals surface area contributed by atoms with Gasteiger partial charge in [-0.1, -0.05) is 5.16 Å². The van der Waals surface area contributed by atoms with Crippen molar-refractivity contribution in [1.82, 2.24) is 15.1 Å². The minimum absolute atomic E-state index is 0.178. The molecule has 56 valence electrons. The second-order valence-electron chi connectivity index (χ2n) is 1.88. The summed E-state index contributed by atoms with van der Waals surface area (Å²) in [7, 11) is 0. The zero-order chi connectivity index (χ0) is 7.84. The van der Waals surface area contributed by atoms with E-state index in [0.29, 0.717) is 9.22 Å². The SMILES string of the molecule is O=c1[nH]cnc2c(I)noc12. The Morgan fingerprint density at radius 3 is 3.18 bits per heavy atom. The van der Waals surface area contributed by atoms with Crippen molar-refractivity contribution in [3.8, 4) is 0 Å². The maximum Gasteiger partial charge on any atom is 0.297 e. The van der Waals surface area contributed by atoms with Crippen LogP contribution in [0, 0.1) is 3.70 Å². The highest BCUT2D eigenvalue weighted by molar-refractivity contribution is 14.1. The van der Waals surface area contributed by atoms with Gasteiger partial charge in [-0.15, -0.1) is 0 Å². The molecule has 0 amide bonds. The minimum Gasteiger partial charge on any atom is -0.347 e. The summed E-state index contributed by atoms with van der Waals surface area (Å²) in [5, 5.41) is 3.59. The summed E-state index contributed by atoms with van der Waals surface area (Å²) >= 11 is 1.95. The molecule has 0 fully saturated rings. The molecule has 2 heterocycles. The van der Waals surface area contributed by atoms with Gasteiger partial charge in [-0.2, -0.15) is 0 Å². The first kappa shape index (κ1) is 6.77. The van der Waals surface area contributed by atoms with Crippen LogP contribution in [0.2, 0.25) is 0 Å². The molecule has 0 aliphatic rings. The molecule has 5 nitrogen and oxygen atoms in total. The third kappa shape index (κ3) is 0.934. The highest BCUT2D eigenvalue weighted by Gasteiger charge is 2.08. The fraction of sp³-hybridized carbons (Fsp3) is 0. The number of halogens is 1. The molecule has 0 bridgehead atoms. The number of rotatable bonds is 0. The summed E-state index contributed by atoms with van der Waals surface area (Å²) in [6.07, 6.45) is 1.32. The molecule has 6 heteroatoms. The van der Waals surface area contributed by atoms with Crippen LogP contribution in [-0.2, 0) is 0 Å². The van der Waals surface area contributed by atoms with Crippen molar-refractivity contribution < 1.29 is 4.52 Å². The second-order valence-corrected chi connectivity index (χ2v) is 2.90. The number of nitrogens with zero attached hydrogens (tertiary/aromatic N) is 2. The van der Waals surface area contributed by atoms with Crippen molar-refractivity contribution in [3.05, 3.63) is 20.4 Å². The number of fused-ring (bicyclic) bond motifs is 1. The van der Waals surface area contributed by atoms with Crippen LogP contribution in [0.25, 0.3) is 11.1 Å². The maximum atomic E-state index is 11.0. The first-order chi connectivity index (χ1) is 5.29. The first-order valence-electron chi connectivity index (χ1n) is 2.77. The van der Waals surface area contributed by atoms with E-state index in [4.69, 9.17) is 4.52 Å². The fourth-order valence-electron chi connectivity index (χ4n) is 0.748. The summed E-state index contributed by atoms with van der Waals surface area (Å²) in [5.74, 6) is 0. The summed E-state index contributed by atoms with van der Waals surface area (Å²) < 4.78 is 5.32. The molecular formula is C5H2IN3O2. The average molecular weight is 263 g/mol. The Hall–Kier alpha value is -0.920. The maximum absolute atomic E-state index is 11.0. The highest BCUT2D eigenvalue weighted by atomic mass is 127. The van der Waals surface area contributed by atoms with Crippen LogP contribution < -0.4 is 5.56 Å². The summed E-state index contributed by atoms with van der Waals surface area (Å²) in [6, 6.07) is 0. The summed E-state index contributed by atoms with van der Waals surface area (Å²) in [6.45, 7) is 0. The molecule has 0 aliphatic heterocycles. The lowest BCUT2D eigenvalue weighted by Gasteiger charge is -1.81. The Kier molecular flexibility index (Phi) is 1.41. The van der Waals surface area contributed by atoms with Gasteiger partial charge in [0.15, 0.2) is 9.22 Å². The Bertz CT molecular complexity index is 446. The average Bonchev–Trinajstić information content (AvgIpc) is 2.35. The monoisotopic (exact) mass is 263 g/mol. The van der Waals surface area contributed by atoms with E-state index >= 15 is 0 Å². The van der Waals surface area contributed by atoms with E-state index in [1.54, 1.807) is 0 Å². The van der Waals surface area contributed by atoms with E-state index in [1.807, 2.05) is 22.6 Å². The van der Waals surface area contributed by atoms with Crippen LogP contribution in [0.3, 0.4) is 0 Å². The van der Waals surface area contributed by atoms with E-state index in [2.05, 4.69) is 15.1 Å². The minimum atomic E-state index is -0.301. The third-order valence-electron chi connectivity index (χ3n) is 1.22. The molecule has 1 N–H and O–H groups in total. The van der Waals surface area contributed by atoms with Gasteiger partial charge in [-0.05, 0) is 22.6 Å². The van der Waals surface area contributed by atoms with Crippen molar-refractivity contribution >= 4 is 33.7 Å². The smallest absolute Gasteiger partial charge is 0.297 e. The van der Waals surface area contributed by atoms with Crippen LogP contribution in [0.15, 0.2) is 15.6 Å². The molecule has 0 radical (unpaired) electrons. The Morgan fingerprint density at radius 2 is 2.45 bits per heavy atom. The Labute approximate surface area is 73.9 Å². The van der Waals surface area contributed by atoms with Crippen LogP contribution in [0.4, 0.5) is 0 Å². The molecule has 0 unspecified atom stereocenters. The van der Waals surface area contributed by atoms with E-state index in [9.17, 15) is 4.79 Å². The summed E-state index contributed by atoms with van der Waals surface area (Å²) in [5.41, 5.74) is 0.386. The fourth-order valence-corrected chi connectivity index (χ4v) is 1.23. The van der Waals surface area contributed by atoms with Crippen LogP contribution in [0.1, 0.15) is 0 Å². The largest absolute Gasteiger partial charge is 0.347 e. The zero-order valence-electron chi connectivity index (χ0n) is 5.17. The van der Waals surface area contributed by atoms with Gasteiger partial charge in [0.25, 0.3) is 11.1 Å². The van der Waals surface area contributed by atoms with Crippen LogP contribution in [0.5, 0.6) is 0 Å². The zero-order valence-corrected chi connectivity index (χ0v) is 7.32. The number of aromatic nitrogens is 3. The van der Waals surface area contributed by atoms with Gasteiger partial charge in [0.05, 0.1) is 6.33 Å². The van der Waals surface area contributed by atoms with Crippen molar-refractivity contribution in [3.63, 3.8) is 0 Å². The van der Waals surface area contributed by atoms with Gasteiger partial charge in [-0.3, -0.25) is 4.79 Å². The molecule has 0 saturated heterocycles. The van der Waals surface area contributed by atoms with Crippen molar-refractivity contribution in [2.24, 2.45) is 0 Å². The molecule has 0 aliphatic carbocycles. The molecule has 2 aromatic rings. The molecule has 0 spiro atoms. The lowest BCUT2D eigenvalue weighted by Crippen LogP contribution is -2.04. The topological polar surface area (TPSA) is 71.8 Å². The van der Waals surface area contributed by atoms with Crippen molar-refractivity contribution in [1.29, 1.82) is 0 Å². The van der Waals surface area contributed by atoms with Crippen molar-refractivity contribution in [2.45, 2.75) is 0 Å². The Morgan fingerprint density at radius 1 is 1.64 bits per heavy atom. The van der Waals surface area contributed by atoms with E-state index in [0.717, 1.165) is 0 Å². The quantitative estimate of drug-likeness (QED) is 0.703. The first-order valence-corrected chi connectivity index (χ1v) is 3.85. The predicted octanol–water partition coefficient (Wildman–Crippen LogP) is 0.516. The molecule has 2 aromatic heterocycles. The van der Waals surface area contributed by atoms with Crippen LogP contribution in [-0.4, -0.2) is 15.1 Å². The number of hydrogen-bond donors (Lipinski definition) is 1. The lowest BCUT2D eigenvalue weighted by molar-refractivity contribution is 0.448. The second kappa shape index (κ2) is 2.29. The van der Waals surface area contributed by atoms with Gasteiger partial charge < -0.3 is 9.51 Å². The van der Waals surface area contributed by atoms with Gasteiger partial charge in [0.2, 0.25) is 0 Å². The molecular weight excluding hydrogens is 261 g/mol. The van der Waals surface area contributed by atoms with E-state index < -0.39 is 0 Å². The number of hydrogen-bond acceptors (Lipinski definition) is 4. The number of aromatic amines is 1. The van der Waals surface area contributed by atoms with Gasteiger partial charge in [-0.25, -0.2) is 4.98 Å². The summed E-state index contributed by atoms with van der Waals surface area (Å²) in [4.78, 5) is 17.2. The van der Waals surface area contributed by atoms with E-state index in [-0.39, 0.29) is 11.1 Å². The molecule has 0 atom stereocenters. The van der Waals surface area contributed by atoms with Crippen molar-refractivity contribution in [2.75, 3.05) is 0 Å². The third-order valence-corrected chi connectivity index (χ3v) is 1.93. The number of H-pyrrole nitrogens is 1. The van der Waals surface area contributed by atoms with Gasteiger partial charge in [0.1, 0.15) is 0 Å². The van der Waals surface area contributed by atoms with Crippen LogP contribution >= 0.6 is 22.6 Å². The van der Waals surface area contributed by atoms with E-state index in [1.165, 1.54) is 6.33 Å². The predicted molar refractivity (Wildman–Crippen MR) is 45.1 cm³/mol. The Balaban J connectivity index is 3.06. The molecule has 2 rings (SSSR count). The normalized spacial score (nSPS) is 10.6. The van der Waals surface area contributed by atoms with Gasteiger partial charge >= 0.3 is 0 Å². The standard InChI is InChI=1S/C5H2IN3O2/c6-4-2-3(11-9-4)5(10)8-1-7-2/h1H,(H,7,8,10). The highest BCUT2D eigenvalue weighted by Crippen LogP contribution is 2.12.